The predicted molar refractivity (Wildman–Crippen MR) is 143 cm³/mol. The lowest BCUT2D eigenvalue weighted by molar-refractivity contribution is 0.122. The zero-order valence-electron chi connectivity index (χ0n) is 20.4. The van der Waals surface area contributed by atoms with Crippen LogP contribution in [0.25, 0.3) is 28.0 Å². The summed E-state index contributed by atoms with van der Waals surface area (Å²) >= 11 is 0. The number of fused-ring (bicyclic) bond motifs is 1. The molecule has 184 valence electrons. The van der Waals surface area contributed by atoms with Gasteiger partial charge in [0, 0.05) is 50.0 Å². The fourth-order valence-electron chi connectivity index (χ4n) is 5.12. The SMILES string of the molecule is OCc1cccc(-c2nc(N3CCOCC3)c3[nH]cc(C4=CCN(Cc5ccccc5)CC4)c3n2)c1. The molecule has 2 aromatic heterocycles. The van der Waals surface area contributed by atoms with Crippen molar-refractivity contribution in [3.05, 3.63) is 83.6 Å². The van der Waals surface area contributed by atoms with E-state index in [1.54, 1.807) is 0 Å². The summed E-state index contributed by atoms with van der Waals surface area (Å²) in [5, 5.41) is 9.66. The summed E-state index contributed by atoms with van der Waals surface area (Å²) < 4.78 is 5.59. The van der Waals surface area contributed by atoms with Crippen molar-refractivity contribution in [1.82, 2.24) is 19.9 Å². The number of aromatic amines is 1. The second kappa shape index (κ2) is 10.2. The molecule has 2 aliphatic heterocycles. The van der Waals surface area contributed by atoms with Gasteiger partial charge in [0.2, 0.25) is 0 Å². The van der Waals surface area contributed by atoms with E-state index in [-0.39, 0.29) is 6.61 Å². The monoisotopic (exact) mass is 481 g/mol. The third kappa shape index (κ3) is 4.65. The van der Waals surface area contributed by atoms with Gasteiger partial charge >= 0.3 is 0 Å². The second-order valence-corrected chi connectivity index (χ2v) is 9.45. The maximum absolute atomic E-state index is 9.66. The number of anilines is 1. The quantitative estimate of drug-likeness (QED) is 0.429. The first-order valence-electron chi connectivity index (χ1n) is 12.7. The number of nitrogens with zero attached hydrogens (tertiary/aromatic N) is 4. The lowest BCUT2D eigenvalue weighted by Crippen LogP contribution is -2.37. The van der Waals surface area contributed by atoms with Crippen LogP contribution in [0.1, 0.15) is 23.1 Å². The van der Waals surface area contributed by atoms with E-state index < -0.39 is 0 Å². The first-order valence-corrected chi connectivity index (χ1v) is 12.7. The highest BCUT2D eigenvalue weighted by molar-refractivity contribution is 5.96. The molecule has 7 nitrogen and oxygen atoms in total. The van der Waals surface area contributed by atoms with Crippen molar-refractivity contribution < 1.29 is 9.84 Å². The molecular formula is C29H31N5O2. The Bertz CT molecular complexity index is 1380. The smallest absolute Gasteiger partial charge is 0.162 e. The molecule has 4 heterocycles. The van der Waals surface area contributed by atoms with Gasteiger partial charge in [0.1, 0.15) is 11.0 Å². The van der Waals surface area contributed by atoms with E-state index in [0.29, 0.717) is 19.0 Å². The van der Waals surface area contributed by atoms with Gasteiger partial charge in [-0.15, -0.1) is 0 Å². The zero-order chi connectivity index (χ0) is 24.3. The average molecular weight is 482 g/mol. The Labute approximate surface area is 211 Å². The van der Waals surface area contributed by atoms with Crippen molar-refractivity contribution in [3.63, 3.8) is 0 Å². The fraction of sp³-hybridized carbons (Fsp3) is 0.310. The summed E-state index contributed by atoms with van der Waals surface area (Å²) in [6, 6.07) is 18.5. The summed E-state index contributed by atoms with van der Waals surface area (Å²) in [6.07, 6.45) is 5.42. The van der Waals surface area contributed by atoms with Gasteiger partial charge in [0.25, 0.3) is 0 Å². The molecule has 4 aromatic rings. The van der Waals surface area contributed by atoms with Crippen LogP contribution in [0.15, 0.2) is 66.9 Å². The van der Waals surface area contributed by atoms with Crippen LogP contribution < -0.4 is 4.90 Å². The summed E-state index contributed by atoms with van der Waals surface area (Å²) in [5.41, 5.74) is 7.52. The van der Waals surface area contributed by atoms with Crippen molar-refractivity contribution in [3.8, 4) is 11.4 Å². The first kappa shape index (κ1) is 22.9. The summed E-state index contributed by atoms with van der Waals surface area (Å²) in [4.78, 5) is 18.3. The lowest BCUT2D eigenvalue weighted by atomic mass is 10.0. The van der Waals surface area contributed by atoms with Crippen LogP contribution in [0.2, 0.25) is 0 Å². The molecule has 2 aromatic carbocycles. The Morgan fingerprint density at radius 1 is 0.944 bits per heavy atom. The van der Waals surface area contributed by atoms with Crippen LogP contribution in [-0.2, 0) is 17.9 Å². The highest BCUT2D eigenvalue weighted by Crippen LogP contribution is 2.34. The number of aromatic nitrogens is 3. The van der Waals surface area contributed by atoms with E-state index in [4.69, 9.17) is 14.7 Å². The molecule has 0 saturated carbocycles. The summed E-state index contributed by atoms with van der Waals surface area (Å²) in [7, 11) is 0. The number of rotatable bonds is 6. The van der Waals surface area contributed by atoms with Gasteiger partial charge in [0.05, 0.1) is 19.8 Å². The number of nitrogens with one attached hydrogen (secondary N) is 1. The van der Waals surface area contributed by atoms with E-state index >= 15 is 0 Å². The van der Waals surface area contributed by atoms with Crippen LogP contribution in [-0.4, -0.2) is 64.4 Å². The summed E-state index contributed by atoms with van der Waals surface area (Å²) in [6.45, 7) is 5.88. The van der Waals surface area contributed by atoms with Crippen LogP contribution >= 0.6 is 0 Å². The van der Waals surface area contributed by atoms with Crippen molar-refractivity contribution in [2.75, 3.05) is 44.3 Å². The number of H-pyrrole nitrogens is 1. The molecule has 0 amide bonds. The molecule has 1 saturated heterocycles. The number of hydrogen-bond acceptors (Lipinski definition) is 6. The molecular weight excluding hydrogens is 450 g/mol. The largest absolute Gasteiger partial charge is 0.392 e. The standard InChI is InChI=1S/C29H31N5O2/c35-20-22-7-4-8-24(17-22)28-31-26-25(18-30-27(26)29(32-28)34-13-15-36-16-14-34)23-9-11-33(12-10-23)19-21-5-2-1-3-6-21/h1-9,17-18,30,35H,10-16,19-20H2. The van der Waals surface area contributed by atoms with Crippen LogP contribution in [0, 0.1) is 0 Å². The highest BCUT2D eigenvalue weighted by atomic mass is 16.5. The number of benzene rings is 2. The minimum Gasteiger partial charge on any atom is -0.392 e. The minimum atomic E-state index is -0.00578. The van der Waals surface area contributed by atoms with E-state index in [1.165, 1.54) is 11.1 Å². The predicted octanol–water partition coefficient (Wildman–Crippen LogP) is 4.24. The van der Waals surface area contributed by atoms with Gasteiger partial charge in [-0.05, 0) is 29.2 Å². The molecule has 0 spiro atoms. The van der Waals surface area contributed by atoms with Gasteiger partial charge in [-0.1, -0.05) is 54.6 Å². The molecule has 2 N–H and O–H groups in total. The number of ether oxygens (including phenoxy) is 1. The third-order valence-electron chi connectivity index (χ3n) is 7.07. The Hall–Kier alpha value is -3.52. The lowest BCUT2D eigenvalue weighted by Gasteiger charge is -2.28. The van der Waals surface area contributed by atoms with Gasteiger partial charge in [0.15, 0.2) is 11.6 Å². The highest BCUT2D eigenvalue weighted by Gasteiger charge is 2.23. The van der Waals surface area contributed by atoms with E-state index in [2.05, 4.69) is 57.4 Å². The van der Waals surface area contributed by atoms with Crippen molar-refractivity contribution >= 4 is 22.4 Å². The molecule has 0 radical (unpaired) electrons. The molecule has 1 fully saturated rings. The Morgan fingerprint density at radius 2 is 1.78 bits per heavy atom. The zero-order valence-corrected chi connectivity index (χ0v) is 20.4. The van der Waals surface area contributed by atoms with Gasteiger partial charge in [-0.3, -0.25) is 4.90 Å². The molecule has 2 aliphatic rings. The Balaban J connectivity index is 1.37. The molecule has 7 heteroatoms. The van der Waals surface area contributed by atoms with Crippen LogP contribution in [0.5, 0.6) is 0 Å². The number of morpholine rings is 1. The first-order chi connectivity index (χ1) is 17.8. The van der Waals surface area contributed by atoms with E-state index in [1.807, 2.05) is 24.3 Å². The van der Waals surface area contributed by atoms with E-state index in [9.17, 15) is 5.11 Å². The molecule has 0 bridgehead atoms. The molecule has 0 unspecified atom stereocenters. The summed E-state index contributed by atoms with van der Waals surface area (Å²) in [5.74, 6) is 1.60. The van der Waals surface area contributed by atoms with Crippen molar-refractivity contribution in [2.45, 2.75) is 19.6 Å². The van der Waals surface area contributed by atoms with Crippen molar-refractivity contribution in [1.29, 1.82) is 0 Å². The third-order valence-corrected chi connectivity index (χ3v) is 7.07. The number of aliphatic hydroxyl groups excluding tert-OH is 1. The Morgan fingerprint density at radius 3 is 2.56 bits per heavy atom. The molecule has 0 aliphatic carbocycles. The second-order valence-electron chi connectivity index (χ2n) is 9.45. The number of aliphatic hydroxyl groups is 1. The van der Waals surface area contributed by atoms with Crippen LogP contribution in [0.3, 0.4) is 0 Å². The fourth-order valence-corrected chi connectivity index (χ4v) is 5.12. The average Bonchev–Trinajstić information content (AvgIpc) is 3.38. The van der Waals surface area contributed by atoms with Gasteiger partial charge in [-0.2, -0.15) is 0 Å². The van der Waals surface area contributed by atoms with Gasteiger partial charge < -0.3 is 19.7 Å². The van der Waals surface area contributed by atoms with Crippen LogP contribution in [0.4, 0.5) is 5.82 Å². The normalized spacial score (nSPS) is 16.9. The minimum absolute atomic E-state index is 0.00578. The van der Waals surface area contributed by atoms with E-state index in [0.717, 1.165) is 72.7 Å². The van der Waals surface area contributed by atoms with Crippen molar-refractivity contribution in [2.24, 2.45) is 0 Å². The topological polar surface area (TPSA) is 77.5 Å². The Kier molecular flexibility index (Phi) is 6.51. The molecule has 6 rings (SSSR count). The molecule has 36 heavy (non-hydrogen) atoms. The van der Waals surface area contributed by atoms with Gasteiger partial charge in [-0.25, -0.2) is 9.97 Å². The maximum Gasteiger partial charge on any atom is 0.162 e. The number of hydrogen-bond donors (Lipinski definition) is 2. The maximum atomic E-state index is 9.66. The molecule has 0 atom stereocenters.